The second-order valence-electron chi connectivity index (χ2n) is 4.91. The van der Waals surface area contributed by atoms with E-state index in [4.69, 9.17) is 0 Å². The fourth-order valence-electron chi connectivity index (χ4n) is 1.92. The fourth-order valence-corrected chi connectivity index (χ4v) is 2.30. The number of esters is 1. The number of rotatable bonds is 3. The lowest BCUT2D eigenvalue weighted by Gasteiger charge is -2.10. The molecule has 0 aliphatic rings. The van der Waals surface area contributed by atoms with Crippen molar-refractivity contribution in [3.8, 4) is 0 Å². The Morgan fingerprint density at radius 2 is 1.67 bits per heavy atom. The average Bonchev–Trinajstić information content (AvgIpc) is 2.58. The van der Waals surface area contributed by atoms with Gasteiger partial charge in [-0.3, -0.25) is 9.59 Å². The van der Waals surface area contributed by atoms with Crippen molar-refractivity contribution in [3.05, 3.63) is 58.1 Å². The Balaban J connectivity index is 2.11. The number of carbonyl (C=O) groups is 3. The molecule has 2 aromatic carbocycles. The molecule has 0 spiro atoms. The van der Waals surface area contributed by atoms with Gasteiger partial charge in [-0.2, -0.15) is 0 Å². The van der Waals surface area contributed by atoms with Crippen LogP contribution in [0.3, 0.4) is 0 Å². The van der Waals surface area contributed by atoms with Crippen LogP contribution >= 0.6 is 15.9 Å². The van der Waals surface area contributed by atoms with Gasteiger partial charge in [0.05, 0.1) is 18.4 Å². The molecule has 0 aromatic heterocycles. The van der Waals surface area contributed by atoms with Crippen molar-refractivity contribution in [2.24, 2.45) is 0 Å². The molecule has 6 nitrogen and oxygen atoms in total. The topological polar surface area (TPSA) is 84.5 Å². The molecule has 24 heavy (non-hydrogen) atoms. The van der Waals surface area contributed by atoms with E-state index in [9.17, 15) is 14.4 Å². The second kappa shape index (κ2) is 7.74. The smallest absolute Gasteiger partial charge is 0.339 e. The number of nitrogens with one attached hydrogen (secondary N) is 2. The van der Waals surface area contributed by atoms with E-state index in [-0.39, 0.29) is 11.3 Å². The summed E-state index contributed by atoms with van der Waals surface area (Å²) in [5.74, 6) is -2.33. The third-order valence-corrected chi connectivity index (χ3v) is 4.07. The molecule has 0 bridgehead atoms. The van der Waals surface area contributed by atoms with Gasteiger partial charge in [0, 0.05) is 10.2 Å². The van der Waals surface area contributed by atoms with Gasteiger partial charge in [0.2, 0.25) is 0 Å². The highest BCUT2D eigenvalue weighted by Gasteiger charge is 2.18. The summed E-state index contributed by atoms with van der Waals surface area (Å²) in [6, 6.07) is 11.5. The molecule has 0 unspecified atom stereocenters. The number of halogens is 1. The lowest BCUT2D eigenvalue weighted by Crippen LogP contribution is -2.29. The number of amides is 2. The van der Waals surface area contributed by atoms with Gasteiger partial charge in [-0.25, -0.2) is 4.79 Å². The highest BCUT2D eigenvalue weighted by Crippen LogP contribution is 2.21. The predicted octanol–water partition coefficient (Wildman–Crippen LogP) is 3.12. The molecule has 0 radical (unpaired) electrons. The molecule has 0 fully saturated rings. The van der Waals surface area contributed by atoms with E-state index in [1.807, 2.05) is 13.0 Å². The number of carbonyl (C=O) groups excluding carboxylic acids is 3. The highest BCUT2D eigenvalue weighted by atomic mass is 79.9. The summed E-state index contributed by atoms with van der Waals surface area (Å²) >= 11 is 3.36. The van der Waals surface area contributed by atoms with E-state index >= 15 is 0 Å². The molecule has 2 rings (SSSR count). The van der Waals surface area contributed by atoms with Crippen LogP contribution < -0.4 is 10.6 Å². The normalized spacial score (nSPS) is 9.96. The molecule has 0 saturated heterocycles. The van der Waals surface area contributed by atoms with E-state index in [1.165, 1.54) is 19.2 Å². The first-order valence-electron chi connectivity index (χ1n) is 6.98. The zero-order chi connectivity index (χ0) is 17.7. The summed E-state index contributed by atoms with van der Waals surface area (Å²) < 4.78 is 5.46. The minimum atomic E-state index is -0.886. The molecule has 0 aliphatic carbocycles. The largest absolute Gasteiger partial charge is 0.465 e. The maximum atomic E-state index is 12.0. The van der Waals surface area contributed by atoms with Crippen LogP contribution in [0.1, 0.15) is 15.9 Å². The van der Waals surface area contributed by atoms with Crippen molar-refractivity contribution in [2.75, 3.05) is 17.7 Å². The molecule has 7 heteroatoms. The summed E-state index contributed by atoms with van der Waals surface area (Å²) in [6.07, 6.45) is 0. The third-order valence-electron chi connectivity index (χ3n) is 3.22. The van der Waals surface area contributed by atoms with Crippen LogP contribution in [0.2, 0.25) is 0 Å². The number of ether oxygens (including phenoxy) is 1. The number of anilines is 2. The van der Waals surface area contributed by atoms with E-state index < -0.39 is 17.8 Å². The van der Waals surface area contributed by atoms with Crippen molar-refractivity contribution in [1.29, 1.82) is 0 Å². The van der Waals surface area contributed by atoms with Gasteiger partial charge in [0.1, 0.15) is 0 Å². The molecule has 2 aromatic rings. The van der Waals surface area contributed by atoms with Crippen molar-refractivity contribution in [2.45, 2.75) is 6.92 Å². The Labute approximate surface area is 147 Å². The number of hydrogen-bond donors (Lipinski definition) is 2. The quantitative estimate of drug-likeness (QED) is 0.622. The zero-order valence-corrected chi connectivity index (χ0v) is 14.6. The molecule has 0 heterocycles. The van der Waals surface area contributed by atoms with Gasteiger partial charge in [-0.15, -0.1) is 0 Å². The number of para-hydroxylation sites is 1. The van der Waals surface area contributed by atoms with Gasteiger partial charge >= 0.3 is 17.8 Å². The third kappa shape index (κ3) is 4.20. The standard InChI is InChI=1S/C17H15BrN2O4/c1-10-7-8-11(9-13(10)18)19-15(21)16(22)20-14-6-4-3-5-12(14)17(23)24-2/h3-9H,1-2H3,(H,19,21)(H,20,22). The molecule has 0 saturated carbocycles. The Morgan fingerprint density at radius 1 is 1.00 bits per heavy atom. The van der Waals surface area contributed by atoms with Crippen molar-refractivity contribution >= 4 is 45.1 Å². The summed E-state index contributed by atoms with van der Waals surface area (Å²) in [7, 11) is 1.24. The lowest BCUT2D eigenvalue weighted by atomic mass is 10.2. The minimum absolute atomic E-state index is 0.166. The molecule has 0 atom stereocenters. The molecular weight excluding hydrogens is 376 g/mol. The first-order valence-corrected chi connectivity index (χ1v) is 7.77. The van der Waals surface area contributed by atoms with Crippen LogP contribution in [0.25, 0.3) is 0 Å². The van der Waals surface area contributed by atoms with Crippen LogP contribution in [0, 0.1) is 6.92 Å². The van der Waals surface area contributed by atoms with Crippen LogP contribution in [-0.4, -0.2) is 24.9 Å². The summed E-state index contributed by atoms with van der Waals surface area (Å²) in [6.45, 7) is 1.91. The van der Waals surface area contributed by atoms with Crippen LogP contribution in [0.15, 0.2) is 46.9 Å². The number of methoxy groups -OCH3 is 1. The minimum Gasteiger partial charge on any atom is -0.465 e. The first-order chi connectivity index (χ1) is 11.4. The number of aryl methyl sites for hydroxylation is 1. The Kier molecular flexibility index (Phi) is 5.70. The van der Waals surface area contributed by atoms with E-state index in [0.717, 1.165) is 10.0 Å². The van der Waals surface area contributed by atoms with Gasteiger partial charge in [0.25, 0.3) is 0 Å². The average molecular weight is 391 g/mol. The summed E-state index contributed by atoms with van der Waals surface area (Å²) in [5.41, 5.74) is 1.85. The van der Waals surface area contributed by atoms with E-state index in [0.29, 0.717) is 5.69 Å². The molecule has 2 N–H and O–H groups in total. The monoisotopic (exact) mass is 390 g/mol. The summed E-state index contributed by atoms with van der Waals surface area (Å²) in [4.78, 5) is 35.7. The van der Waals surface area contributed by atoms with Crippen LogP contribution in [0.4, 0.5) is 11.4 Å². The maximum absolute atomic E-state index is 12.0. The SMILES string of the molecule is COC(=O)c1ccccc1NC(=O)C(=O)Nc1ccc(C)c(Br)c1. The number of hydrogen-bond acceptors (Lipinski definition) is 4. The van der Waals surface area contributed by atoms with Gasteiger partial charge < -0.3 is 15.4 Å². The maximum Gasteiger partial charge on any atom is 0.339 e. The van der Waals surface area contributed by atoms with Gasteiger partial charge in [0.15, 0.2) is 0 Å². The molecular formula is C17H15BrN2O4. The Bertz CT molecular complexity index is 805. The van der Waals surface area contributed by atoms with E-state index in [2.05, 4.69) is 31.3 Å². The summed E-state index contributed by atoms with van der Waals surface area (Å²) in [5, 5.41) is 4.90. The number of benzene rings is 2. The van der Waals surface area contributed by atoms with Gasteiger partial charge in [-0.1, -0.05) is 34.1 Å². The van der Waals surface area contributed by atoms with Crippen molar-refractivity contribution in [1.82, 2.24) is 0 Å². The molecule has 124 valence electrons. The van der Waals surface area contributed by atoms with E-state index in [1.54, 1.807) is 24.3 Å². The highest BCUT2D eigenvalue weighted by molar-refractivity contribution is 9.10. The molecule has 2 amide bonds. The van der Waals surface area contributed by atoms with Crippen molar-refractivity contribution < 1.29 is 19.1 Å². The zero-order valence-electron chi connectivity index (χ0n) is 13.1. The lowest BCUT2D eigenvalue weighted by molar-refractivity contribution is -0.133. The fraction of sp³-hybridized carbons (Fsp3) is 0.118. The van der Waals surface area contributed by atoms with Crippen LogP contribution in [-0.2, 0) is 14.3 Å². The van der Waals surface area contributed by atoms with Gasteiger partial charge in [-0.05, 0) is 36.8 Å². The van der Waals surface area contributed by atoms with Crippen LogP contribution in [0.5, 0.6) is 0 Å². The second-order valence-corrected chi connectivity index (χ2v) is 5.76. The predicted molar refractivity (Wildman–Crippen MR) is 93.9 cm³/mol. The Hall–Kier alpha value is -2.67. The Morgan fingerprint density at radius 3 is 2.33 bits per heavy atom. The first kappa shape index (κ1) is 17.7. The molecule has 0 aliphatic heterocycles. The van der Waals surface area contributed by atoms with Crippen molar-refractivity contribution in [3.63, 3.8) is 0 Å².